The van der Waals surface area contributed by atoms with Gasteiger partial charge in [-0.15, -0.1) is 0 Å². The van der Waals surface area contributed by atoms with Gasteiger partial charge in [0.2, 0.25) is 0 Å². The Hall–Kier alpha value is -3.59. The lowest BCUT2D eigenvalue weighted by atomic mass is 9.95. The lowest BCUT2D eigenvalue weighted by Gasteiger charge is -2.35. The fourth-order valence-corrected chi connectivity index (χ4v) is 3.72. The maximum atomic E-state index is 12.9. The number of ether oxygens (including phenoxy) is 2. The second-order valence-electron chi connectivity index (χ2n) is 8.33. The number of carbonyl (C=O) groups excluding carboxylic acids is 2. The lowest BCUT2D eigenvalue weighted by Crippen LogP contribution is -2.46. The summed E-state index contributed by atoms with van der Waals surface area (Å²) < 4.78 is 10.8. The molecule has 9 heteroatoms. The first kappa shape index (κ1) is 25.0. The number of esters is 1. The van der Waals surface area contributed by atoms with E-state index in [1.54, 1.807) is 36.3 Å². The number of methoxy groups -OCH3 is 1. The second-order valence-corrected chi connectivity index (χ2v) is 8.72. The lowest BCUT2D eigenvalue weighted by molar-refractivity contribution is -0.140. The van der Waals surface area contributed by atoms with Crippen LogP contribution < -0.4 is 20.7 Å². The van der Waals surface area contributed by atoms with Gasteiger partial charge < -0.3 is 30.3 Å². The monoisotopic (exact) mass is 482 g/mol. The third-order valence-electron chi connectivity index (χ3n) is 5.38. The maximum absolute atomic E-state index is 12.9. The minimum atomic E-state index is -0.459. The molecule has 180 valence electrons. The van der Waals surface area contributed by atoms with Gasteiger partial charge in [-0.3, -0.25) is 0 Å². The van der Waals surface area contributed by atoms with Crippen LogP contribution in [0.1, 0.15) is 32.4 Å². The molecule has 3 rings (SSSR count). The number of rotatable bonds is 7. The highest BCUT2D eigenvalue weighted by Crippen LogP contribution is 2.31. The van der Waals surface area contributed by atoms with Gasteiger partial charge in [0.15, 0.2) is 5.11 Å². The predicted molar refractivity (Wildman–Crippen MR) is 137 cm³/mol. The number of hydrogen-bond donors (Lipinski definition) is 3. The van der Waals surface area contributed by atoms with Gasteiger partial charge in [-0.25, -0.2) is 9.59 Å². The Morgan fingerprint density at radius 1 is 1.12 bits per heavy atom. The van der Waals surface area contributed by atoms with Crippen LogP contribution in [0, 0.1) is 5.92 Å². The van der Waals surface area contributed by atoms with Crippen LogP contribution in [-0.4, -0.2) is 42.8 Å². The SMILES string of the molecule is COc1ccccc1NC(=O)Nc1ccc(C2NC(=S)N(C)C(C)=C2C(=O)OCC(C)C)cc1. The van der Waals surface area contributed by atoms with Crippen molar-refractivity contribution in [1.82, 2.24) is 10.2 Å². The van der Waals surface area contributed by atoms with Crippen molar-refractivity contribution in [3.63, 3.8) is 0 Å². The van der Waals surface area contributed by atoms with Gasteiger partial charge in [-0.1, -0.05) is 38.1 Å². The van der Waals surface area contributed by atoms with Crippen molar-refractivity contribution in [1.29, 1.82) is 0 Å². The predicted octanol–water partition coefficient (Wildman–Crippen LogP) is 4.67. The largest absolute Gasteiger partial charge is 0.495 e. The number of allylic oxidation sites excluding steroid dienone is 1. The summed E-state index contributed by atoms with van der Waals surface area (Å²) in [5.41, 5.74) is 3.22. The number of anilines is 2. The normalized spacial score (nSPS) is 15.6. The summed E-state index contributed by atoms with van der Waals surface area (Å²) in [4.78, 5) is 27.1. The Morgan fingerprint density at radius 3 is 2.44 bits per heavy atom. The van der Waals surface area contributed by atoms with Crippen LogP contribution in [0.3, 0.4) is 0 Å². The van der Waals surface area contributed by atoms with Gasteiger partial charge in [-0.05, 0) is 54.9 Å². The van der Waals surface area contributed by atoms with E-state index >= 15 is 0 Å². The zero-order valence-electron chi connectivity index (χ0n) is 20.0. The van der Waals surface area contributed by atoms with Crippen molar-refractivity contribution in [2.75, 3.05) is 31.4 Å². The number of benzene rings is 2. The third-order valence-corrected chi connectivity index (χ3v) is 5.77. The van der Waals surface area contributed by atoms with Gasteiger partial charge in [0.05, 0.1) is 31.0 Å². The standard InChI is InChI=1S/C25H30N4O4S/c1-15(2)14-33-23(30)21-16(3)29(4)25(34)28-22(21)17-10-12-18(13-11-17)26-24(31)27-19-8-6-7-9-20(19)32-5/h6-13,15,22H,14H2,1-5H3,(H,28,34)(H2,26,27,31). The van der Waals surface area contributed by atoms with E-state index in [1.807, 2.05) is 52.1 Å². The van der Waals surface area contributed by atoms with Crippen molar-refractivity contribution in [3.05, 3.63) is 65.4 Å². The molecule has 0 radical (unpaired) electrons. The molecule has 3 N–H and O–H groups in total. The van der Waals surface area contributed by atoms with E-state index in [4.69, 9.17) is 21.7 Å². The third kappa shape index (κ3) is 5.85. The molecule has 0 saturated heterocycles. The number of thiocarbonyl (C=S) groups is 1. The summed E-state index contributed by atoms with van der Waals surface area (Å²) in [6.45, 7) is 6.16. The molecule has 0 saturated carbocycles. The minimum Gasteiger partial charge on any atom is -0.495 e. The first-order chi connectivity index (χ1) is 16.2. The van der Waals surface area contributed by atoms with Crippen LogP contribution in [0.5, 0.6) is 5.75 Å². The fourth-order valence-electron chi connectivity index (χ4n) is 3.46. The molecular formula is C25H30N4O4S. The Labute approximate surface area is 205 Å². The van der Waals surface area contributed by atoms with Gasteiger partial charge >= 0.3 is 12.0 Å². The van der Waals surface area contributed by atoms with Gasteiger partial charge in [-0.2, -0.15) is 0 Å². The molecule has 2 amide bonds. The molecule has 0 aliphatic carbocycles. The van der Waals surface area contributed by atoms with E-state index < -0.39 is 12.1 Å². The minimum absolute atomic E-state index is 0.228. The summed E-state index contributed by atoms with van der Waals surface area (Å²) in [6, 6.07) is 13.5. The molecule has 1 aliphatic rings. The number of carbonyl (C=O) groups is 2. The topological polar surface area (TPSA) is 91.9 Å². The summed E-state index contributed by atoms with van der Waals surface area (Å²) in [6.07, 6.45) is 0. The molecule has 0 fully saturated rings. The van der Waals surface area contributed by atoms with Crippen molar-refractivity contribution < 1.29 is 19.1 Å². The Balaban J connectivity index is 1.76. The van der Waals surface area contributed by atoms with Crippen LogP contribution in [-0.2, 0) is 9.53 Å². The quantitative estimate of drug-likeness (QED) is 0.390. The highest BCUT2D eigenvalue weighted by molar-refractivity contribution is 7.80. The van der Waals surface area contributed by atoms with E-state index in [2.05, 4.69) is 16.0 Å². The van der Waals surface area contributed by atoms with Crippen molar-refractivity contribution in [2.45, 2.75) is 26.8 Å². The first-order valence-electron chi connectivity index (χ1n) is 10.9. The second kappa shape index (κ2) is 11.0. The van der Waals surface area contributed by atoms with Crippen molar-refractivity contribution in [3.8, 4) is 5.75 Å². The molecule has 8 nitrogen and oxygen atoms in total. The van der Waals surface area contributed by atoms with Crippen LogP contribution in [0.4, 0.5) is 16.2 Å². The molecule has 1 heterocycles. The van der Waals surface area contributed by atoms with E-state index in [1.165, 1.54) is 0 Å². The van der Waals surface area contributed by atoms with E-state index in [0.29, 0.717) is 34.4 Å². The zero-order valence-corrected chi connectivity index (χ0v) is 20.8. The van der Waals surface area contributed by atoms with Crippen LogP contribution in [0.25, 0.3) is 0 Å². The molecular weight excluding hydrogens is 452 g/mol. The molecule has 0 spiro atoms. The smallest absolute Gasteiger partial charge is 0.338 e. The molecule has 2 aromatic carbocycles. The number of urea groups is 1. The summed E-state index contributed by atoms with van der Waals surface area (Å²) in [5.74, 6) is 0.416. The zero-order chi connectivity index (χ0) is 24.8. The number of hydrogen-bond acceptors (Lipinski definition) is 5. The van der Waals surface area contributed by atoms with Gasteiger partial charge in [0, 0.05) is 18.4 Å². The molecule has 34 heavy (non-hydrogen) atoms. The fraction of sp³-hybridized carbons (Fsp3) is 0.320. The average Bonchev–Trinajstić information content (AvgIpc) is 2.81. The highest BCUT2D eigenvalue weighted by Gasteiger charge is 2.33. The first-order valence-corrected chi connectivity index (χ1v) is 11.3. The van der Waals surface area contributed by atoms with E-state index in [0.717, 1.165) is 11.3 Å². The molecule has 0 aromatic heterocycles. The number of amides is 2. The average molecular weight is 483 g/mol. The Bertz CT molecular complexity index is 1100. The number of nitrogens with zero attached hydrogens (tertiary/aromatic N) is 1. The molecule has 1 unspecified atom stereocenters. The van der Waals surface area contributed by atoms with Crippen LogP contribution in [0.15, 0.2) is 59.8 Å². The molecule has 1 aliphatic heterocycles. The van der Waals surface area contributed by atoms with E-state index in [-0.39, 0.29) is 11.9 Å². The summed E-state index contributed by atoms with van der Waals surface area (Å²) in [5, 5.41) is 9.31. The van der Waals surface area contributed by atoms with Crippen LogP contribution in [0.2, 0.25) is 0 Å². The number of para-hydroxylation sites is 2. The Kier molecular flexibility index (Phi) is 8.12. The Morgan fingerprint density at radius 2 is 1.79 bits per heavy atom. The van der Waals surface area contributed by atoms with Crippen LogP contribution >= 0.6 is 12.2 Å². The number of nitrogens with one attached hydrogen (secondary N) is 3. The molecule has 2 aromatic rings. The van der Waals surface area contributed by atoms with E-state index in [9.17, 15) is 9.59 Å². The van der Waals surface area contributed by atoms with Crippen molar-refractivity contribution in [2.24, 2.45) is 5.92 Å². The summed E-state index contributed by atoms with van der Waals surface area (Å²) >= 11 is 5.45. The van der Waals surface area contributed by atoms with Gasteiger partial charge in [0.25, 0.3) is 0 Å². The highest BCUT2D eigenvalue weighted by atomic mass is 32.1. The molecule has 0 bridgehead atoms. The molecule has 1 atom stereocenters. The van der Waals surface area contributed by atoms with Crippen molar-refractivity contribution >= 4 is 40.7 Å². The summed E-state index contributed by atoms with van der Waals surface area (Å²) in [7, 11) is 3.35. The van der Waals surface area contributed by atoms with Gasteiger partial charge in [0.1, 0.15) is 5.75 Å². The maximum Gasteiger partial charge on any atom is 0.338 e.